The van der Waals surface area contributed by atoms with Crippen LogP contribution in [-0.4, -0.2) is 23.5 Å². The van der Waals surface area contributed by atoms with E-state index in [0.717, 1.165) is 27.8 Å². The fourth-order valence-electron chi connectivity index (χ4n) is 3.41. The van der Waals surface area contributed by atoms with Crippen LogP contribution in [0.1, 0.15) is 42.8 Å². The number of aryl methyl sites for hydroxylation is 2. The van der Waals surface area contributed by atoms with Crippen molar-refractivity contribution in [1.82, 2.24) is 10.5 Å². The number of rotatable bonds is 5. The molecule has 2 heterocycles. The predicted octanol–water partition coefficient (Wildman–Crippen LogP) is 3.67. The van der Waals surface area contributed by atoms with Crippen molar-refractivity contribution >= 4 is 33.4 Å². The summed E-state index contributed by atoms with van der Waals surface area (Å²) in [5, 5.41) is 7.04. The maximum Gasteiger partial charge on any atom is 0.227 e. The first-order chi connectivity index (χ1) is 12.4. The highest BCUT2D eigenvalue weighted by atomic mass is 79.9. The molecule has 0 bridgehead atoms. The summed E-state index contributed by atoms with van der Waals surface area (Å²) < 4.78 is 6.17. The van der Waals surface area contributed by atoms with Crippen molar-refractivity contribution in [3.05, 3.63) is 45.8 Å². The first-order valence-corrected chi connectivity index (χ1v) is 9.49. The summed E-state index contributed by atoms with van der Waals surface area (Å²) in [6.45, 7) is 6.11. The maximum atomic E-state index is 12.8. The molecule has 6 nitrogen and oxygen atoms in total. The topological polar surface area (TPSA) is 75.4 Å². The lowest BCUT2D eigenvalue weighted by Crippen LogP contribution is -2.35. The van der Waals surface area contributed by atoms with E-state index in [-0.39, 0.29) is 30.2 Å². The van der Waals surface area contributed by atoms with Crippen LogP contribution in [0.3, 0.4) is 0 Å². The number of carbonyl (C=O) groups excluding carboxylic acids is 2. The summed E-state index contributed by atoms with van der Waals surface area (Å²) in [6.07, 6.45) is 0.950. The Morgan fingerprint density at radius 2 is 2.08 bits per heavy atom. The van der Waals surface area contributed by atoms with E-state index in [1.807, 2.05) is 45.0 Å². The van der Waals surface area contributed by atoms with Crippen molar-refractivity contribution in [2.24, 2.45) is 5.92 Å². The zero-order chi connectivity index (χ0) is 18.8. The molecule has 1 aromatic heterocycles. The van der Waals surface area contributed by atoms with Crippen molar-refractivity contribution in [1.29, 1.82) is 0 Å². The van der Waals surface area contributed by atoms with Crippen LogP contribution in [0.15, 0.2) is 33.3 Å². The summed E-state index contributed by atoms with van der Waals surface area (Å²) in [7, 11) is 0. The van der Waals surface area contributed by atoms with Crippen LogP contribution in [0, 0.1) is 19.8 Å². The molecule has 0 spiro atoms. The minimum absolute atomic E-state index is 0.0298. The van der Waals surface area contributed by atoms with E-state index < -0.39 is 0 Å². The zero-order valence-electron chi connectivity index (χ0n) is 15.1. The van der Waals surface area contributed by atoms with Gasteiger partial charge in [-0.25, -0.2) is 0 Å². The third-order valence-electron chi connectivity index (χ3n) is 4.80. The van der Waals surface area contributed by atoms with Crippen molar-refractivity contribution in [3.63, 3.8) is 0 Å². The Kier molecular flexibility index (Phi) is 5.46. The van der Waals surface area contributed by atoms with Gasteiger partial charge in [0, 0.05) is 28.7 Å². The molecule has 1 saturated heterocycles. The van der Waals surface area contributed by atoms with Gasteiger partial charge in [-0.05, 0) is 44.5 Å². The molecule has 1 aromatic carbocycles. The fraction of sp³-hybridized carbons (Fsp3) is 0.421. The Labute approximate surface area is 161 Å². The summed E-state index contributed by atoms with van der Waals surface area (Å²) >= 11 is 3.39. The van der Waals surface area contributed by atoms with E-state index in [2.05, 4.69) is 26.4 Å². The summed E-state index contributed by atoms with van der Waals surface area (Å²) in [4.78, 5) is 26.8. The van der Waals surface area contributed by atoms with E-state index in [4.69, 9.17) is 4.52 Å². The van der Waals surface area contributed by atoms with E-state index in [1.165, 1.54) is 0 Å². The van der Waals surface area contributed by atoms with E-state index in [1.54, 1.807) is 4.90 Å². The van der Waals surface area contributed by atoms with Crippen LogP contribution < -0.4 is 10.2 Å². The Morgan fingerprint density at radius 3 is 2.65 bits per heavy atom. The van der Waals surface area contributed by atoms with Crippen LogP contribution >= 0.6 is 15.9 Å². The Morgan fingerprint density at radius 1 is 1.38 bits per heavy atom. The number of carbonyl (C=O) groups is 2. The quantitative estimate of drug-likeness (QED) is 0.801. The molecule has 1 aliphatic heterocycles. The smallest absolute Gasteiger partial charge is 0.227 e. The highest BCUT2D eigenvalue weighted by Crippen LogP contribution is 2.28. The number of benzene rings is 1. The monoisotopic (exact) mass is 419 g/mol. The van der Waals surface area contributed by atoms with Gasteiger partial charge in [0.25, 0.3) is 0 Å². The Bertz CT molecular complexity index is 796. The lowest BCUT2D eigenvalue weighted by Gasteiger charge is -2.20. The summed E-state index contributed by atoms with van der Waals surface area (Å²) in [5.74, 6) is 0.219. The molecule has 138 valence electrons. The Balaban J connectivity index is 1.70. The predicted molar refractivity (Wildman–Crippen MR) is 102 cm³/mol. The molecule has 2 amide bonds. The number of nitrogens with zero attached hydrogens (tertiary/aromatic N) is 2. The second kappa shape index (κ2) is 7.61. The molecule has 3 rings (SSSR count). The number of amides is 2. The van der Waals surface area contributed by atoms with Crippen LogP contribution in [0.2, 0.25) is 0 Å². The average molecular weight is 420 g/mol. The third kappa shape index (κ3) is 3.67. The third-order valence-corrected chi connectivity index (χ3v) is 5.32. The van der Waals surface area contributed by atoms with Crippen LogP contribution in [0.25, 0.3) is 0 Å². The normalized spacial score (nSPS) is 18.2. The highest BCUT2D eigenvalue weighted by molar-refractivity contribution is 9.10. The lowest BCUT2D eigenvalue weighted by molar-refractivity contribution is -0.127. The van der Waals surface area contributed by atoms with E-state index >= 15 is 0 Å². The van der Waals surface area contributed by atoms with E-state index in [9.17, 15) is 9.59 Å². The van der Waals surface area contributed by atoms with Gasteiger partial charge in [0.2, 0.25) is 11.8 Å². The van der Waals surface area contributed by atoms with Gasteiger partial charge >= 0.3 is 0 Å². The standard InChI is InChI=1S/C19H22BrN3O3/c1-4-16(18-11(2)22-26-12(18)3)21-19(25)13-9-17(24)23(10-13)15-7-5-14(20)6-8-15/h5-8,13,16H,4,9-10H2,1-3H3,(H,21,25)/t13-,16-/m0/s1. The Hall–Kier alpha value is -2.15. The van der Waals surface area contributed by atoms with Crippen LogP contribution in [0.4, 0.5) is 5.69 Å². The molecule has 26 heavy (non-hydrogen) atoms. The van der Waals surface area contributed by atoms with Gasteiger partial charge in [-0.15, -0.1) is 0 Å². The molecule has 0 saturated carbocycles. The SMILES string of the molecule is CC[C@H](NC(=O)[C@H]1CC(=O)N(c2ccc(Br)cc2)C1)c1c(C)noc1C. The largest absolute Gasteiger partial charge is 0.361 e. The van der Waals surface area contributed by atoms with Gasteiger partial charge in [0.15, 0.2) is 0 Å². The number of aromatic nitrogens is 1. The van der Waals surface area contributed by atoms with Gasteiger partial charge in [0.1, 0.15) is 5.76 Å². The second-order valence-corrected chi connectivity index (χ2v) is 7.50. The average Bonchev–Trinajstić information content (AvgIpc) is 3.16. The minimum Gasteiger partial charge on any atom is -0.361 e. The first-order valence-electron chi connectivity index (χ1n) is 8.69. The van der Waals surface area contributed by atoms with Crippen molar-refractivity contribution in [3.8, 4) is 0 Å². The minimum atomic E-state index is -0.360. The molecule has 2 aromatic rings. The van der Waals surface area contributed by atoms with Gasteiger partial charge in [-0.3, -0.25) is 9.59 Å². The molecule has 0 aliphatic carbocycles. The van der Waals surface area contributed by atoms with Crippen LogP contribution in [0.5, 0.6) is 0 Å². The van der Waals surface area contributed by atoms with Gasteiger partial charge in [0.05, 0.1) is 17.7 Å². The van der Waals surface area contributed by atoms with Gasteiger partial charge in [-0.2, -0.15) is 0 Å². The molecule has 1 aliphatic rings. The van der Waals surface area contributed by atoms with Gasteiger partial charge in [-0.1, -0.05) is 28.0 Å². The molecule has 0 unspecified atom stereocenters. The van der Waals surface area contributed by atoms with Gasteiger partial charge < -0.3 is 14.7 Å². The number of hydrogen-bond acceptors (Lipinski definition) is 4. The van der Waals surface area contributed by atoms with Crippen molar-refractivity contribution < 1.29 is 14.1 Å². The first kappa shape index (κ1) is 18.6. The van der Waals surface area contributed by atoms with E-state index in [0.29, 0.717) is 12.3 Å². The number of anilines is 1. The zero-order valence-corrected chi connectivity index (χ0v) is 16.7. The van der Waals surface area contributed by atoms with Crippen molar-refractivity contribution in [2.45, 2.75) is 39.7 Å². The molecular weight excluding hydrogens is 398 g/mol. The molecule has 0 radical (unpaired) electrons. The molecule has 1 fully saturated rings. The number of nitrogens with one attached hydrogen (secondary N) is 1. The summed E-state index contributed by atoms with van der Waals surface area (Å²) in [6, 6.07) is 7.37. The number of hydrogen-bond donors (Lipinski definition) is 1. The second-order valence-electron chi connectivity index (χ2n) is 6.59. The fourth-order valence-corrected chi connectivity index (χ4v) is 3.67. The molecule has 2 atom stereocenters. The molecular formula is C19H22BrN3O3. The van der Waals surface area contributed by atoms with Crippen LogP contribution in [-0.2, 0) is 9.59 Å². The lowest BCUT2D eigenvalue weighted by atomic mass is 10.0. The maximum absolute atomic E-state index is 12.8. The van der Waals surface area contributed by atoms with Crippen molar-refractivity contribution in [2.75, 3.05) is 11.4 Å². The molecule has 7 heteroatoms. The number of halogens is 1. The highest BCUT2D eigenvalue weighted by Gasteiger charge is 2.36. The summed E-state index contributed by atoms with van der Waals surface area (Å²) in [5.41, 5.74) is 2.52. The molecule has 1 N–H and O–H groups in total.